The summed E-state index contributed by atoms with van der Waals surface area (Å²) in [5, 5.41) is 0. The van der Waals surface area contributed by atoms with Gasteiger partial charge in [-0.05, 0) is 37.7 Å². The molecule has 0 aromatic carbocycles. The molecule has 1 rings (SSSR count). The van der Waals surface area contributed by atoms with Crippen LogP contribution in [0.2, 0.25) is 0 Å². The Morgan fingerprint density at radius 1 is 1.50 bits per heavy atom. The Balaban J connectivity index is 2.91. The first kappa shape index (κ1) is 11.2. The maximum atomic E-state index is 12.0. The fourth-order valence-electron chi connectivity index (χ4n) is 1.93. The van der Waals surface area contributed by atoms with Crippen molar-refractivity contribution in [2.45, 2.75) is 40.5 Å². The predicted molar refractivity (Wildman–Crippen MR) is 60.1 cm³/mol. The van der Waals surface area contributed by atoms with E-state index in [1.54, 1.807) is 0 Å². The number of rotatable bonds is 2. The third-order valence-corrected chi connectivity index (χ3v) is 3.23. The van der Waals surface area contributed by atoms with Crippen molar-refractivity contribution in [1.29, 1.82) is 0 Å². The molecule has 14 heavy (non-hydrogen) atoms. The molecule has 1 unspecified atom stereocenters. The number of hydrogen-bond donors (Lipinski definition) is 0. The first-order valence-corrected chi connectivity index (χ1v) is 5.33. The first-order chi connectivity index (χ1) is 6.49. The van der Waals surface area contributed by atoms with Crippen LogP contribution in [-0.4, -0.2) is 5.78 Å². The largest absolute Gasteiger partial charge is 0.294 e. The smallest absolute Gasteiger partial charge is 0.165 e. The monoisotopic (exact) mass is 192 g/mol. The van der Waals surface area contributed by atoms with E-state index in [9.17, 15) is 4.79 Å². The van der Waals surface area contributed by atoms with E-state index < -0.39 is 0 Å². The molecule has 0 aliphatic heterocycles. The Hall–Kier alpha value is -0.850. The molecule has 78 valence electrons. The van der Waals surface area contributed by atoms with E-state index in [1.165, 1.54) is 0 Å². The highest BCUT2D eigenvalue weighted by atomic mass is 16.1. The van der Waals surface area contributed by atoms with E-state index in [1.807, 2.05) is 19.9 Å². The average molecular weight is 192 g/mol. The van der Waals surface area contributed by atoms with E-state index >= 15 is 0 Å². The van der Waals surface area contributed by atoms with E-state index in [4.69, 9.17) is 0 Å². The van der Waals surface area contributed by atoms with Crippen molar-refractivity contribution in [2.24, 2.45) is 11.3 Å². The van der Waals surface area contributed by atoms with Crippen LogP contribution in [0.4, 0.5) is 0 Å². The highest BCUT2D eigenvalue weighted by Gasteiger charge is 2.34. The minimum Gasteiger partial charge on any atom is -0.294 e. The lowest BCUT2D eigenvalue weighted by molar-refractivity contribution is -0.121. The van der Waals surface area contributed by atoms with E-state index in [-0.39, 0.29) is 17.1 Å². The number of allylic oxidation sites excluding steroid dienone is 4. The van der Waals surface area contributed by atoms with Crippen molar-refractivity contribution in [1.82, 2.24) is 0 Å². The predicted octanol–water partition coefficient (Wildman–Crippen LogP) is 3.51. The normalized spacial score (nSPS) is 26.3. The van der Waals surface area contributed by atoms with Crippen molar-refractivity contribution in [3.8, 4) is 0 Å². The second-order valence-corrected chi connectivity index (χ2v) is 4.77. The number of ketones is 1. The van der Waals surface area contributed by atoms with Gasteiger partial charge in [-0.1, -0.05) is 32.1 Å². The zero-order valence-corrected chi connectivity index (χ0v) is 9.63. The minimum atomic E-state index is 0.0763. The van der Waals surface area contributed by atoms with Gasteiger partial charge in [-0.3, -0.25) is 4.79 Å². The summed E-state index contributed by atoms with van der Waals surface area (Å²) in [6.07, 6.45) is 8.33. The zero-order valence-electron chi connectivity index (χ0n) is 9.63. The molecule has 1 nitrogen and oxygen atoms in total. The summed E-state index contributed by atoms with van der Waals surface area (Å²) in [6, 6.07) is 0. The van der Waals surface area contributed by atoms with Crippen LogP contribution in [0.1, 0.15) is 40.5 Å². The Morgan fingerprint density at radius 3 is 2.64 bits per heavy atom. The summed E-state index contributed by atoms with van der Waals surface area (Å²) >= 11 is 0. The highest BCUT2D eigenvalue weighted by Crippen LogP contribution is 2.38. The molecule has 0 bridgehead atoms. The van der Waals surface area contributed by atoms with Crippen LogP contribution in [0.5, 0.6) is 0 Å². The van der Waals surface area contributed by atoms with E-state index in [0.29, 0.717) is 0 Å². The molecule has 0 spiro atoms. The maximum Gasteiger partial charge on any atom is 0.165 e. The Bertz CT molecular complexity index is 282. The Labute approximate surface area is 86.9 Å². The lowest BCUT2D eigenvalue weighted by Crippen LogP contribution is -2.31. The molecule has 1 aliphatic rings. The quantitative estimate of drug-likeness (QED) is 0.483. The molecule has 1 heteroatoms. The van der Waals surface area contributed by atoms with Crippen LogP contribution in [0.25, 0.3) is 0 Å². The van der Waals surface area contributed by atoms with Gasteiger partial charge in [0.05, 0.1) is 0 Å². The van der Waals surface area contributed by atoms with Gasteiger partial charge in [0.25, 0.3) is 0 Å². The topological polar surface area (TPSA) is 17.1 Å². The fourth-order valence-corrected chi connectivity index (χ4v) is 1.93. The van der Waals surface area contributed by atoms with Crippen LogP contribution < -0.4 is 0 Å². The number of carbonyl (C=O) groups excluding carboxylic acids is 1. The fraction of sp³-hybridized carbons (Fsp3) is 0.615. The molecule has 0 amide bonds. The summed E-state index contributed by atoms with van der Waals surface area (Å²) in [5.41, 5.74) is 1.01. The van der Waals surface area contributed by atoms with Crippen molar-refractivity contribution in [2.75, 3.05) is 0 Å². The molecule has 0 N–H and O–H groups in total. The van der Waals surface area contributed by atoms with E-state index in [2.05, 4.69) is 26.0 Å². The second kappa shape index (κ2) is 4.12. The molecule has 0 saturated carbocycles. The molecule has 0 aromatic rings. The molecular formula is C13H20O. The maximum absolute atomic E-state index is 12.0. The summed E-state index contributed by atoms with van der Waals surface area (Å²) < 4.78 is 0. The SMILES string of the molecule is CC=C(C)C(=O)C1C=CCCC1(C)C. The van der Waals surface area contributed by atoms with Crippen LogP contribution in [0, 0.1) is 11.3 Å². The minimum absolute atomic E-state index is 0.0763. The molecular weight excluding hydrogens is 172 g/mol. The summed E-state index contributed by atoms with van der Waals surface area (Å²) in [4.78, 5) is 12.0. The van der Waals surface area contributed by atoms with Gasteiger partial charge in [-0.2, -0.15) is 0 Å². The summed E-state index contributed by atoms with van der Waals surface area (Å²) in [5.74, 6) is 0.362. The van der Waals surface area contributed by atoms with Gasteiger partial charge in [0.2, 0.25) is 0 Å². The third kappa shape index (κ3) is 2.14. The van der Waals surface area contributed by atoms with Gasteiger partial charge in [-0.25, -0.2) is 0 Å². The Kier molecular flexibility index (Phi) is 3.30. The molecule has 0 saturated heterocycles. The third-order valence-electron chi connectivity index (χ3n) is 3.23. The van der Waals surface area contributed by atoms with Crippen LogP contribution in [0.3, 0.4) is 0 Å². The van der Waals surface area contributed by atoms with Crippen LogP contribution >= 0.6 is 0 Å². The molecule has 1 atom stereocenters. The molecule has 0 radical (unpaired) electrons. The standard InChI is InChI=1S/C13H20O/c1-5-10(2)12(14)11-8-6-7-9-13(11,3)4/h5-6,8,11H,7,9H2,1-4H3. The lowest BCUT2D eigenvalue weighted by atomic mass is 9.69. The van der Waals surface area contributed by atoms with Gasteiger partial charge in [-0.15, -0.1) is 0 Å². The number of hydrogen-bond acceptors (Lipinski definition) is 1. The zero-order chi connectivity index (χ0) is 10.8. The van der Waals surface area contributed by atoms with Crippen molar-refractivity contribution >= 4 is 5.78 Å². The Morgan fingerprint density at radius 2 is 2.14 bits per heavy atom. The lowest BCUT2D eigenvalue weighted by Gasteiger charge is -2.34. The molecule has 1 aliphatic carbocycles. The van der Waals surface area contributed by atoms with Crippen molar-refractivity contribution in [3.63, 3.8) is 0 Å². The van der Waals surface area contributed by atoms with Crippen molar-refractivity contribution in [3.05, 3.63) is 23.8 Å². The van der Waals surface area contributed by atoms with Gasteiger partial charge in [0, 0.05) is 5.92 Å². The van der Waals surface area contributed by atoms with Crippen LogP contribution in [0.15, 0.2) is 23.8 Å². The van der Waals surface area contributed by atoms with Gasteiger partial charge < -0.3 is 0 Å². The molecule has 0 aromatic heterocycles. The highest BCUT2D eigenvalue weighted by molar-refractivity contribution is 5.98. The van der Waals surface area contributed by atoms with E-state index in [0.717, 1.165) is 18.4 Å². The number of carbonyl (C=O) groups is 1. The second-order valence-electron chi connectivity index (χ2n) is 4.77. The van der Waals surface area contributed by atoms with Crippen molar-refractivity contribution < 1.29 is 4.79 Å². The van der Waals surface area contributed by atoms with Gasteiger partial charge in [0.15, 0.2) is 5.78 Å². The van der Waals surface area contributed by atoms with Gasteiger partial charge in [0.1, 0.15) is 0 Å². The molecule has 0 fully saturated rings. The summed E-state index contributed by atoms with van der Waals surface area (Å²) in [7, 11) is 0. The summed E-state index contributed by atoms with van der Waals surface area (Å²) in [6.45, 7) is 8.19. The number of Topliss-reactive ketones (excluding diaryl/α,β-unsaturated/α-hetero) is 1. The van der Waals surface area contributed by atoms with Crippen LogP contribution in [-0.2, 0) is 4.79 Å². The average Bonchev–Trinajstić information content (AvgIpc) is 2.15. The first-order valence-electron chi connectivity index (χ1n) is 5.33. The van der Waals surface area contributed by atoms with Gasteiger partial charge >= 0.3 is 0 Å². The molecule has 0 heterocycles.